The molecule has 4 aromatic rings. The summed E-state index contributed by atoms with van der Waals surface area (Å²) >= 11 is 3.53. The summed E-state index contributed by atoms with van der Waals surface area (Å²) in [6.45, 7) is 0. The first-order chi connectivity index (χ1) is 13.8. The second-order valence-electron chi connectivity index (χ2n) is 6.25. The van der Waals surface area contributed by atoms with Gasteiger partial charge in [-0.25, -0.2) is 0 Å². The first kappa shape index (κ1) is 17.3. The highest BCUT2D eigenvalue weighted by atomic mass is 32.2. The second-order valence-corrected chi connectivity index (χ2v) is 8.42. The molecule has 0 N–H and O–H groups in total. The molecule has 1 aliphatic heterocycles. The monoisotopic (exact) mass is 400 g/mol. The Hall–Kier alpha value is -2.82. The Kier molecular flexibility index (Phi) is 4.73. The van der Waals surface area contributed by atoms with Crippen molar-refractivity contribution < 1.29 is 9.47 Å². The average molecular weight is 401 g/mol. The molecule has 0 fully saturated rings. The smallest absolute Gasteiger partial charge is 0.128 e. The molecule has 0 unspecified atom stereocenters. The predicted octanol–water partition coefficient (Wildman–Crippen LogP) is 7.89. The molecule has 2 nitrogen and oxygen atoms in total. The minimum Gasteiger partial charge on any atom is -0.457 e. The molecule has 0 spiro atoms. The zero-order valence-corrected chi connectivity index (χ0v) is 16.5. The lowest BCUT2D eigenvalue weighted by atomic mass is 10.3. The number of para-hydroxylation sites is 2. The molecule has 4 aromatic carbocycles. The van der Waals surface area contributed by atoms with Gasteiger partial charge in [-0.2, -0.15) is 0 Å². The molecule has 0 aliphatic carbocycles. The zero-order valence-electron chi connectivity index (χ0n) is 14.9. The number of ether oxygens (including phenoxy) is 2. The third-order valence-electron chi connectivity index (χ3n) is 4.23. The third-order valence-corrected chi connectivity index (χ3v) is 6.75. The highest BCUT2D eigenvalue weighted by Gasteiger charge is 2.18. The molecule has 136 valence electrons. The van der Waals surface area contributed by atoms with Crippen LogP contribution in [0.4, 0.5) is 0 Å². The van der Waals surface area contributed by atoms with E-state index in [0.29, 0.717) is 0 Å². The van der Waals surface area contributed by atoms with Crippen molar-refractivity contribution in [2.75, 3.05) is 0 Å². The third kappa shape index (κ3) is 3.75. The van der Waals surface area contributed by atoms with Gasteiger partial charge >= 0.3 is 0 Å². The van der Waals surface area contributed by atoms with Gasteiger partial charge in [-0.15, -0.1) is 0 Å². The molecule has 0 atom stereocenters. The van der Waals surface area contributed by atoms with Crippen LogP contribution in [0, 0.1) is 0 Å². The van der Waals surface area contributed by atoms with Crippen LogP contribution in [0.1, 0.15) is 0 Å². The van der Waals surface area contributed by atoms with Crippen molar-refractivity contribution in [3.8, 4) is 23.0 Å². The summed E-state index contributed by atoms with van der Waals surface area (Å²) in [5.74, 6) is 3.40. The maximum Gasteiger partial charge on any atom is 0.128 e. The standard InChI is InChI=1S/C24H16O2S2/c1-3-7-17(8-4-1)25-19-11-13-21-23(15-19)27-22-14-12-20(16-24(22)28-21)26-18-9-5-2-6-10-18/h1-16H. The van der Waals surface area contributed by atoms with Gasteiger partial charge in [0.05, 0.1) is 0 Å². The van der Waals surface area contributed by atoms with E-state index in [1.165, 1.54) is 19.6 Å². The van der Waals surface area contributed by atoms with Crippen molar-refractivity contribution in [1.29, 1.82) is 0 Å². The van der Waals surface area contributed by atoms with Gasteiger partial charge < -0.3 is 9.47 Å². The lowest BCUT2D eigenvalue weighted by Gasteiger charge is -2.20. The maximum absolute atomic E-state index is 5.98. The van der Waals surface area contributed by atoms with E-state index < -0.39 is 0 Å². The first-order valence-electron chi connectivity index (χ1n) is 8.93. The van der Waals surface area contributed by atoms with Crippen molar-refractivity contribution in [1.82, 2.24) is 0 Å². The number of hydrogen-bond acceptors (Lipinski definition) is 4. The van der Waals surface area contributed by atoms with E-state index >= 15 is 0 Å². The highest BCUT2D eigenvalue weighted by molar-refractivity contribution is 8.05. The van der Waals surface area contributed by atoms with Crippen LogP contribution in [0.2, 0.25) is 0 Å². The van der Waals surface area contributed by atoms with Gasteiger partial charge in [0, 0.05) is 19.6 Å². The molecular formula is C24H16O2S2. The van der Waals surface area contributed by atoms with Crippen LogP contribution in [-0.4, -0.2) is 0 Å². The summed E-state index contributed by atoms with van der Waals surface area (Å²) in [5.41, 5.74) is 0. The summed E-state index contributed by atoms with van der Waals surface area (Å²) in [7, 11) is 0. The van der Waals surface area contributed by atoms with Crippen molar-refractivity contribution in [2.45, 2.75) is 19.6 Å². The van der Waals surface area contributed by atoms with E-state index in [4.69, 9.17) is 9.47 Å². The van der Waals surface area contributed by atoms with Crippen LogP contribution in [0.25, 0.3) is 0 Å². The Morgan fingerprint density at radius 2 is 0.821 bits per heavy atom. The van der Waals surface area contributed by atoms with Gasteiger partial charge in [0.15, 0.2) is 0 Å². The van der Waals surface area contributed by atoms with Crippen molar-refractivity contribution >= 4 is 23.5 Å². The predicted molar refractivity (Wildman–Crippen MR) is 114 cm³/mol. The normalized spacial score (nSPS) is 12.0. The Labute approximate surface area is 172 Å². The number of benzene rings is 4. The number of rotatable bonds is 4. The van der Waals surface area contributed by atoms with Crippen molar-refractivity contribution in [3.63, 3.8) is 0 Å². The zero-order chi connectivity index (χ0) is 18.8. The molecule has 0 bridgehead atoms. The largest absolute Gasteiger partial charge is 0.457 e. The molecule has 0 saturated carbocycles. The van der Waals surface area contributed by atoms with Crippen LogP contribution in [-0.2, 0) is 0 Å². The van der Waals surface area contributed by atoms with Crippen LogP contribution in [0.3, 0.4) is 0 Å². The van der Waals surface area contributed by atoms with E-state index in [1.807, 2.05) is 72.8 Å². The van der Waals surface area contributed by atoms with Crippen molar-refractivity contribution in [3.05, 3.63) is 97.1 Å². The lowest BCUT2D eigenvalue weighted by Crippen LogP contribution is -1.92. The SMILES string of the molecule is c1ccc(Oc2ccc3c(c2)Sc2ccc(Oc4ccccc4)cc2S3)cc1. The van der Waals surface area contributed by atoms with E-state index in [1.54, 1.807) is 23.5 Å². The topological polar surface area (TPSA) is 18.5 Å². The van der Waals surface area contributed by atoms with Gasteiger partial charge in [0.2, 0.25) is 0 Å². The number of fused-ring (bicyclic) bond motifs is 2. The summed E-state index contributed by atoms with van der Waals surface area (Å²) in [6.07, 6.45) is 0. The van der Waals surface area contributed by atoms with Crippen molar-refractivity contribution in [2.24, 2.45) is 0 Å². The Bertz CT molecular complexity index is 1020. The molecular weight excluding hydrogens is 384 g/mol. The van der Waals surface area contributed by atoms with Crippen LogP contribution in [0.15, 0.2) is 117 Å². The fraction of sp³-hybridized carbons (Fsp3) is 0. The van der Waals surface area contributed by atoms with Crippen LogP contribution >= 0.6 is 23.5 Å². The average Bonchev–Trinajstić information content (AvgIpc) is 2.74. The van der Waals surface area contributed by atoms with Gasteiger partial charge in [-0.1, -0.05) is 59.9 Å². The van der Waals surface area contributed by atoms with Gasteiger partial charge in [0.25, 0.3) is 0 Å². The van der Waals surface area contributed by atoms with E-state index in [2.05, 4.69) is 24.3 Å². The molecule has 0 amide bonds. The minimum absolute atomic E-state index is 0.846. The summed E-state index contributed by atoms with van der Waals surface area (Å²) in [4.78, 5) is 4.88. The molecule has 1 heterocycles. The Morgan fingerprint density at radius 3 is 1.25 bits per heavy atom. The lowest BCUT2D eigenvalue weighted by molar-refractivity contribution is 0.479. The fourth-order valence-electron chi connectivity index (χ4n) is 2.92. The molecule has 4 heteroatoms. The van der Waals surface area contributed by atoms with Crippen LogP contribution in [0.5, 0.6) is 23.0 Å². The fourth-order valence-corrected chi connectivity index (χ4v) is 5.17. The van der Waals surface area contributed by atoms with E-state index in [9.17, 15) is 0 Å². The summed E-state index contributed by atoms with van der Waals surface area (Å²) in [6, 6.07) is 32.2. The Morgan fingerprint density at radius 1 is 0.393 bits per heavy atom. The van der Waals surface area contributed by atoms with Crippen LogP contribution < -0.4 is 9.47 Å². The molecule has 1 aliphatic rings. The molecule has 5 rings (SSSR count). The quantitative estimate of drug-likeness (QED) is 0.305. The minimum atomic E-state index is 0.846. The summed E-state index contributed by atoms with van der Waals surface area (Å²) in [5, 5.41) is 0. The second kappa shape index (κ2) is 7.66. The number of hydrogen-bond donors (Lipinski definition) is 0. The first-order valence-corrected chi connectivity index (χ1v) is 10.6. The van der Waals surface area contributed by atoms with Gasteiger partial charge in [-0.05, 0) is 60.7 Å². The molecule has 0 aromatic heterocycles. The molecule has 0 radical (unpaired) electrons. The van der Waals surface area contributed by atoms with Gasteiger partial charge in [-0.3, -0.25) is 0 Å². The summed E-state index contributed by atoms with van der Waals surface area (Å²) < 4.78 is 12.0. The Balaban J connectivity index is 1.37. The van der Waals surface area contributed by atoms with Gasteiger partial charge in [0.1, 0.15) is 23.0 Å². The van der Waals surface area contributed by atoms with E-state index in [0.717, 1.165) is 23.0 Å². The maximum atomic E-state index is 5.98. The molecule has 0 saturated heterocycles. The highest BCUT2D eigenvalue weighted by Crippen LogP contribution is 2.50. The van der Waals surface area contributed by atoms with E-state index in [-0.39, 0.29) is 0 Å². The molecule has 28 heavy (non-hydrogen) atoms.